The Balaban J connectivity index is 2.34. The van der Waals surface area contributed by atoms with Crippen LogP contribution in [0.1, 0.15) is 20.3 Å². The fourth-order valence-corrected chi connectivity index (χ4v) is 1.47. The predicted molar refractivity (Wildman–Crippen MR) is 76.1 cm³/mol. The Hall–Kier alpha value is -1.85. The lowest BCUT2D eigenvalue weighted by Gasteiger charge is -2.12. The number of aliphatic imine (C=N–C) groups is 1. The van der Waals surface area contributed by atoms with Gasteiger partial charge in [0, 0.05) is 19.2 Å². The van der Waals surface area contributed by atoms with Gasteiger partial charge in [0.1, 0.15) is 12.4 Å². The van der Waals surface area contributed by atoms with E-state index in [4.69, 9.17) is 4.74 Å². The van der Waals surface area contributed by atoms with E-state index >= 15 is 0 Å². The van der Waals surface area contributed by atoms with E-state index < -0.39 is 11.6 Å². The number of halogens is 2. The smallest absolute Gasteiger partial charge is 0.191 e. The Morgan fingerprint density at radius 3 is 2.65 bits per heavy atom. The van der Waals surface area contributed by atoms with Gasteiger partial charge in [-0.15, -0.1) is 0 Å². The summed E-state index contributed by atoms with van der Waals surface area (Å²) in [6.45, 7) is 6.43. The second-order valence-corrected chi connectivity index (χ2v) is 4.11. The third-order valence-electron chi connectivity index (χ3n) is 2.39. The molecule has 0 bridgehead atoms. The van der Waals surface area contributed by atoms with Crippen LogP contribution < -0.4 is 15.4 Å². The van der Waals surface area contributed by atoms with E-state index in [1.54, 1.807) is 0 Å². The Bertz CT molecular complexity index is 438. The summed E-state index contributed by atoms with van der Waals surface area (Å²) in [6, 6.07) is 3.48. The van der Waals surface area contributed by atoms with Crippen molar-refractivity contribution in [1.82, 2.24) is 10.6 Å². The molecular formula is C14H21F2N3O. The number of hydrogen-bond acceptors (Lipinski definition) is 2. The predicted octanol–water partition coefficient (Wildman–Crippen LogP) is 2.31. The maximum Gasteiger partial charge on any atom is 0.191 e. The van der Waals surface area contributed by atoms with Gasteiger partial charge in [-0.05, 0) is 25.5 Å². The molecule has 1 aromatic carbocycles. The lowest BCUT2D eigenvalue weighted by Crippen LogP contribution is -2.39. The standard InChI is InChI=1S/C14H21F2N3O/c1-3-7-18-14(17-4-2)19-8-9-20-11-5-6-12(15)13(16)10-11/h5-6,10H,3-4,7-9H2,1-2H3,(H2,17,18,19). The molecule has 0 aromatic heterocycles. The fraction of sp³-hybridized carbons (Fsp3) is 0.500. The zero-order chi connectivity index (χ0) is 14.8. The highest BCUT2D eigenvalue weighted by molar-refractivity contribution is 5.79. The quantitative estimate of drug-likeness (QED) is 0.459. The Kier molecular flexibility index (Phi) is 7.39. The van der Waals surface area contributed by atoms with Crippen molar-refractivity contribution in [3.05, 3.63) is 29.8 Å². The molecule has 1 rings (SSSR count). The average Bonchev–Trinajstić information content (AvgIpc) is 2.44. The summed E-state index contributed by atoms with van der Waals surface area (Å²) in [6.07, 6.45) is 0.974. The van der Waals surface area contributed by atoms with Crippen LogP contribution in [0.5, 0.6) is 5.75 Å². The first-order chi connectivity index (χ1) is 9.67. The average molecular weight is 285 g/mol. The van der Waals surface area contributed by atoms with Crippen LogP contribution in [-0.2, 0) is 0 Å². The van der Waals surface area contributed by atoms with Gasteiger partial charge in [-0.2, -0.15) is 0 Å². The van der Waals surface area contributed by atoms with Crippen LogP contribution in [-0.4, -0.2) is 32.2 Å². The molecule has 2 N–H and O–H groups in total. The Labute approximate surface area is 118 Å². The lowest BCUT2D eigenvalue weighted by atomic mass is 10.3. The molecular weight excluding hydrogens is 264 g/mol. The summed E-state index contributed by atoms with van der Waals surface area (Å²) in [5, 5.41) is 6.20. The highest BCUT2D eigenvalue weighted by atomic mass is 19.2. The van der Waals surface area contributed by atoms with E-state index in [0.717, 1.165) is 37.6 Å². The maximum atomic E-state index is 13.0. The summed E-state index contributed by atoms with van der Waals surface area (Å²) in [4.78, 5) is 4.33. The fourth-order valence-electron chi connectivity index (χ4n) is 1.47. The van der Waals surface area contributed by atoms with Crippen LogP contribution in [0, 0.1) is 11.6 Å². The number of rotatable bonds is 7. The molecule has 0 aliphatic carbocycles. The van der Waals surface area contributed by atoms with Gasteiger partial charge in [-0.25, -0.2) is 8.78 Å². The molecule has 0 aliphatic heterocycles. The molecule has 0 amide bonds. The molecule has 0 radical (unpaired) electrons. The minimum atomic E-state index is -0.909. The van der Waals surface area contributed by atoms with Crippen molar-refractivity contribution >= 4 is 5.96 Å². The van der Waals surface area contributed by atoms with Crippen LogP contribution in [0.2, 0.25) is 0 Å². The molecule has 0 saturated heterocycles. The third-order valence-corrected chi connectivity index (χ3v) is 2.39. The van der Waals surface area contributed by atoms with Gasteiger partial charge >= 0.3 is 0 Å². The first-order valence-electron chi connectivity index (χ1n) is 6.77. The van der Waals surface area contributed by atoms with E-state index in [9.17, 15) is 8.78 Å². The molecule has 0 aliphatic rings. The molecule has 0 fully saturated rings. The molecule has 112 valence electrons. The van der Waals surface area contributed by atoms with Crippen molar-refractivity contribution < 1.29 is 13.5 Å². The Morgan fingerprint density at radius 2 is 2.00 bits per heavy atom. The summed E-state index contributed by atoms with van der Waals surface area (Å²) in [5.41, 5.74) is 0. The summed E-state index contributed by atoms with van der Waals surface area (Å²) < 4.78 is 31.0. The van der Waals surface area contributed by atoms with Crippen molar-refractivity contribution in [3.8, 4) is 5.75 Å². The summed E-state index contributed by atoms with van der Waals surface area (Å²) in [5.74, 6) is -0.755. The first kappa shape index (κ1) is 16.2. The van der Waals surface area contributed by atoms with Gasteiger partial charge in [0.25, 0.3) is 0 Å². The Morgan fingerprint density at radius 1 is 1.20 bits per heavy atom. The van der Waals surface area contributed by atoms with Crippen LogP contribution >= 0.6 is 0 Å². The molecule has 6 heteroatoms. The van der Waals surface area contributed by atoms with Crippen LogP contribution in [0.3, 0.4) is 0 Å². The van der Waals surface area contributed by atoms with Crippen LogP contribution in [0.15, 0.2) is 23.2 Å². The van der Waals surface area contributed by atoms with Gasteiger partial charge in [-0.3, -0.25) is 4.99 Å². The number of ether oxygens (including phenoxy) is 1. The van der Waals surface area contributed by atoms with Gasteiger partial charge in [0.2, 0.25) is 0 Å². The minimum Gasteiger partial charge on any atom is -0.492 e. The third kappa shape index (κ3) is 5.86. The molecule has 0 saturated carbocycles. The van der Waals surface area contributed by atoms with Gasteiger partial charge < -0.3 is 15.4 Å². The van der Waals surface area contributed by atoms with E-state index in [1.807, 2.05) is 6.92 Å². The first-order valence-corrected chi connectivity index (χ1v) is 6.77. The highest BCUT2D eigenvalue weighted by Crippen LogP contribution is 2.14. The van der Waals surface area contributed by atoms with Crippen molar-refractivity contribution in [1.29, 1.82) is 0 Å². The lowest BCUT2D eigenvalue weighted by molar-refractivity contribution is 0.318. The molecule has 0 spiro atoms. The largest absolute Gasteiger partial charge is 0.492 e. The highest BCUT2D eigenvalue weighted by Gasteiger charge is 2.03. The normalized spacial score (nSPS) is 11.3. The monoisotopic (exact) mass is 285 g/mol. The number of benzene rings is 1. The number of nitrogens with one attached hydrogen (secondary N) is 2. The second kappa shape index (κ2) is 9.12. The van der Waals surface area contributed by atoms with Crippen LogP contribution in [0.4, 0.5) is 8.78 Å². The molecule has 4 nitrogen and oxygen atoms in total. The van der Waals surface area contributed by atoms with E-state index in [0.29, 0.717) is 18.9 Å². The van der Waals surface area contributed by atoms with Crippen molar-refractivity contribution in [2.75, 3.05) is 26.2 Å². The van der Waals surface area contributed by atoms with E-state index in [-0.39, 0.29) is 0 Å². The zero-order valence-electron chi connectivity index (χ0n) is 11.9. The number of hydrogen-bond donors (Lipinski definition) is 2. The van der Waals surface area contributed by atoms with E-state index in [1.165, 1.54) is 6.07 Å². The summed E-state index contributed by atoms with van der Waals surface area (Å²) >= 11 is 0. The number of guanidine groups is 1. The van der Waals surface area contributed by atoms with Gasteiger partial charge in [0.15, 0.2) is 17.6 Å². The molecule has 1 aromatic rings. The van der Waals surface area contributed by atoms with E-state index in [2.05, 4.69) is 22.5 Å². The van der Waals surface area contributed by atoms with Crippen LogP contribution in [0.25, 0.3) is 0 Å². The van der Waals surface area contributed by atoms with Crippen molar-refractivity contribution in [2.45, 2.75) is 20.3 Å². The zero-order valence-corrected chi connectivity index (χ0v) is 11.9. The molecule has 0 atom stereocenters. The van der Waals surface area contributed by atoms with Crippen molar-refractivity contribution in [3.63, 3.8) is 0 Å². The summed E-state index contributed by atoms with van der Waals surface area (Å²) in [7, 11) is 0. The van der Waals surface area contributed by atoms with Gasteiger partial charge in [0.05, 0.1) is 6.54 Å². The second-order valence-electron chi connectivity index (χ2n) is 4.11. The topological polar surface area (TPSA) is 45.7 Å². The van der Waals surface area contributed by atoms with Gasteiger partial charge in [-0.1, -0.05) is 6.92 Å². The minimum absolute atomic E-state index is 0.307. The SMILES string of the molecule is CCCN=C(NCC)NCCOc1ccc(F)c(F)c1. The molecule has 0 heterocycles. The molecule has 0 unspecified atom stereocenters. The molecule has 20 heavy (non-hydrogen) atoms. The van der Waals surface area contributed by atoms with Crippen molar-refractivity contribution in [2.24, 2.45) is 4.99 Å². The number of nitrogens with zero attached hydrogens (tertiary/aromatic N) is 1. The maximum absolute atomic E-state index is 13.0.